The van der Waals surface area contributed by atoms with E-state index in [2.05, 4.69) is 5.32 Å². The summed E-state index contributed by atoms with van der Waals surface area (Å²) in [5, 5.41) is 3.14. The molecule has 0 saturated heterocycles. The van der Waals surface area contributed by atoms with Crippen molar-refractivity contribution in [3.63, 3.8) is 0 Å². The Bertz CT molecular complexity index is 1120. The van der Waals surface area contributed by atoms with Crippen molar-refractivity contribution in [2.45, 2.75) is 0 Å². The minimum absolute atomic E-state index is 0.0939. The van der Waals surface area contributed by atoms with Crippen LogP contribution in [0.3, 0.4) is 0 Å². The van der Waals surface area contributed by atoms with Crippen molar-refractivity contribution in [2.24, 2.45) is 0 Å². The monoisotopic (exact) mass is 445 g/mol. The molecule has 3 aromatic rings. The molecule has 0 aliphatic heterocycles. The second-order valence-corrected chi connectivity index (χ2v) is 6.99. The molecule has 1 N–H and O–H groups in total. The van der Waals surface area contributed by atoms with Crippen molar-refractivity contribution in [1.82, 2.24) is 0 Å². The summed E-state index contributed by atoms with van der Waals surface area (Å²) < 4.78 is 21.3. The van der Waals surface area contributed by atoms with E-state index in [1.54, 1.807) is 58.9 Å². The first-order valence-electron chi connectivity index (χ1n) is 10.3. The van der Waals surface area contributed by atoms with Gasteiger partial charge in [-0.1, -0.05) is 24.3 Å². The van der Waals surface area contributed by atoms with Crippen LogP contribution in [0.5, 0.6) is 23.0 Å². The Balaban J connectivity index is 1.69. The highest BCUT2D eigenvalue weighted by molar-refractivity contribution is 6.04. The van der Waals surface area contributed by atoms with Crippen LogP contribution in [0.1, 0.15) is 21.5 Å². The molecule has 0 atom stereocenters. The maximum absolute atomic E-state index is 12.3. The number of ketones is 1. The highest BCUT2D eigenvalue weighted by Crippen LogP contribution is 2.38. The zero-order valence-corrected chi connectivity index (χ0v) is 19.1. The van der Waals surface area contributed by atoms with Gasteiger partial charge in [0, 0.05) is 23.5 Å². The molecule has 0 spiro atoms. The summed E-state index contributed by atoms with van der Waals surface area (Å²) in [4.78, 5) is 12.3. The predicted molar refractivity (Wildman–Crippen MR) is 132 cm³/mol. The second kappa shape index (κ2) is 11.4. The number of rotatable bonds is 10. The van der Waals surface area contributed by atoms with Gasteiger partial charge in [-0.05, 0) is 59.7 Å². The third-order valence-corrected chi connectivity index (χ3v) is 4.90. The number of ether oxygens (including phenoxy) is 4. The fraction of sp³-hybridized carbons (Fsp3) is 0.148. The number of allylic oxidation sites excluding steroid dienone is 1. The van der Waals surface area contributed by atoms with Crippen molar-refractivity contribution in [1.29, 1.82) is 0 Å². The SMILES string of the molecule is COc1ccc(C(=O)/C=C\Nc2cccc(/C=C/c3cc(OC)c(OC)c(OC)c3)c2)cc1. The second-order valence-electron chi connectivity index (χ2n) is 6.99. The van der Waals surface area contributed by atoms with Crippen molar-refractivity contribution in [2.75, 3.05) is 33.8 Å². The smallest absolute Gasteiger partial charge is 0.203 e. The Morgan fingerprint density at radius 1 is 0.758 bits per heavy atom. The average molecular weight is 446 g/mol. The summed E-state index contributed by atoms with van der Waals surface area (Å²) in [6, 6.07) is 18.6. The van der Waals surface area contributed by atoms with Crippen LogP contribution < -0.4 is 24.3 Å². The molecule has 0 bridgehead atoms. The maximum atomic E-state index is 12.3. The zero-order valence-electron chi connectivity index (χ0n) is 19.1. The van der Waals surface area contributed by atoms with Crippen molar-refractivity contribution >= 4 is 23.6 Å². The number of hydrogen-bond acceptors (Lipinski definition) is 6. The fourth-order valence-electron chi connectivity index (χ4n) is 3.19. The van der Waals surface area contributed by atoms with Crippen LogP contribution in [0.15, 0.2) is 72.9 Å². The molecule has 6 heteroatoms. The molecule has 0 aliphatic rings. The molecule has 170 valence electrons. The molecule has 0 heterocycles. The molecule has 3 rings (SSSR count). The van der Waals surface area contributed by atoms with Gasteiger partial charge in [-0.25, -0.2) is 0 Å². The first kappa shape index (κ1) is 23.5. The molecule has 0 unspecified atom stereocenters. The van der Waals surface area contributed by atoms with Gasteiger partial charge < -0.3 is 24.3 Å². The maximum Gasteiger partial charge on any atom is 0.203 e. The van der Waals surface area contributed by atoms with Gasteiger partial charge in [0.05, 0.1) is 28.4 Å². The molecule has 0 aromatic heterocycles. The van der Waals surface area contributed by atoms with Crippen LogP contribution in [0.25, 0.3) is 12.2 Å². The Hall–Kier alpha value is -4.19. The summed E-state index contributed by atoms with van der Waals surface area (Å²) in [5.41, 5.74) is 3.35. The van der Waals surface area contributed by atoms with Crippen molar-refractivity contribution in [3.05, 3.63) is 89.6 Å². The lowest BCUT2D eigenvalue weighted by Gasteiger charge is -2.12. The minimum Gasteiger partial charge on any atom is -0.497 e. The van der Waals surface area contributed by atoms with Crippen molar-refractivity contribution < 1.29 is 23.7 Å². The topological polar surface area (TPSA) is 66.0 Å². The van der Waals surface area contributed by atoms with E-state index in [0.717, 1.165) is 16.8 Å². The third-order valence-electron chi connectivity index (χ3n) is 4.90. The van der Waals surface area contributed by atoms with Crippen LogP contribution in [0, 0.1) is 0 Å². The first-order chi connectivity index (χ1) is 16.1. The molecule has 6 nitrogen and oxygen atoms in total. The zero-order chi connectivity index (χ0) is 23.6. The Kier molecular flexibility index (Phi) is 8.13. The molecule has 0 radical (unpaired) electrons. The molecule has 33 heavy (non-hydrogen) atoms. The molecule has 3 aromatic carbocycles. The lowest BCUT2D eigenvalue weighted by Crippen LogP contribution is -1.96. The van der Waals surface area contributed by atoms with E-state index in [1.165, 1.54) is 6.08 Å². The number of benzene rings is 3. The summed E-state index contributed by atoms with van der Waals surface area (Å²) in [6.07, 6.45) is 7.08. The Morgan fingerprint density at radius 2 is 1.42 bits per heavy atom. The summed E-state index contributed by atoms with van der Waals surface area (Å²) in [7, 11) is 6.35. The van der Waals surface area contributed by atoms with E-state index in [0.29, 0.717) is 28.6 Å². The minimum atomic E-state index is -0.0939. The van der Waals surface area contributed by atoms with Gasteiger partial charge >= 0.3 is 0 Å². The standard InChI is InChI=1S/C27H27NO5/c1-30-23-12-10-21(11-13-23)24(29)14-15-28-22-7-5-6-19(16-22)8-9-20-17-25(31-2)27(33-4)26(18-20)32-3/h5-18,28H,1-4H3/b9-8+,15-14-. The molecule has 0 saturated carbocycles. The van der Waals surface area contributed by atoms with Gasteiger partial charge in [-0.3, -0.25) is 4.79 Å². The number of nitrogens with one attached hydrogen (secondary N) is 1. The highest BCUT2D eigenvalue weighted by Gasteiger charge is 2.12. The molecule has 0 fully saturated rings. The molecular formula is C27H27NO5. The number of methoxy groups -OCH3 is 4. The molecule has 0 amide bonds. The molecular weight excluding hydrogens is 418 g/mol. The van der Waals surface area contributed by atoms with Crippen LogP contribution in [0.2, 0.25) is 0 Å². The predicted octanol–water partition coefficient (Wildman–Crippen LogP) is 5.70. The van der Waals surface area contributed by atoms with E-state index in [1.807, 2.05) is 48.6 Å². The van der Waals surface area contributed by atoms with Crippen LogP contribution in [-0.2, 0) is 0 Å². The van der Waals surface area contributed by atoms with E-state index in [-0.39, 0.29) is 5.78 Å². The largest absolute Gasteiger partial charge is 0.497 e. The van der Waals surface area contributed by atoms with Crippen LogP contribution >= 0.6 is 0 Å². The van der Waals surface area contributed by atoms with Gasteiger partial charge in [0.15, 0.2) is 17.3 Å². The first-order valence-corrected chi connectivity index (χ1v) is 10.3. The highest BCUT2D eigenvalue weighted by atomic mass is 16.5. The third kappa shape index (κ3) is 6.17. The van der Waals surface area contributed by atoms with Gasteiger partial charge in [-0.15, -0.1) is 0 Å². The van der Waals surface area contributed by atoms with E-state index in [9.17, 15) is 4.79 Å². The Labute approximate surface area is 194 Å². The van der Waals surface area contributed by atoms with Gasteiger partial charge in [0.25, 0.3) is 0 Å². The number of hydrogen-bond donors (Lipinski definition) is 1. The van der Waals surface area contributed by atoms with Gasteiger partial charge in [0.1, 0.15) is 5.75 Å². The van der Waals surface area contributed by atoms with E-state index >= 15 is 0 Å². The number of anilines is 1. The van der Waals surface area contributed by atoms with E-state index in [4.69, 9.17) is 18.9 Å². The fourth-order valence-corrected chi connectivity index (χ4v) is 3.19. The summed E-state index contributed by atoms with van der Waals surface area (Å²) in [5.74, 6) is 2.37. The normalized spacial score (nSPS) is 10.9. The lowest BCUT2D eigenvalue weighted by molar-refractivity contribution is 0.104. The van der Waals surface area contributed by atoms with E-state index < -0.39 is 0 Å². The summed E-state index contributed by atoms with van der Waals surface area (Å²) >= 11 is 0. The Morgan fingerprint density at radius 3 is 2.03 bits per heavy atom. The lowest BCUT2D eigenvalue weighted by atomic mass is 10.1. The van der Waals surface area contributed by atoms with Crippen LogP contribution in [0.4, 0.5) is 5.69 Å². The number of carbonyl (C=O) groups is 1. The van der Waals surface area contributed by atoms with Gasteiger partial charge in [0.2, 0.25) is 5.75 Å². The van der Waals surface area contributed by atoms with Gasteiger partial charge in [-0.2, -0.15) is 0 Å². The quantitative estimate of drug-likeness (QED) is 0.245. The number of carbonyl (C=O) groups excluding carboxylic acids is 1. The average Bonchev–Trinajstić information content (AvgIpc) is 2.86. The molecule has 0 aliphatic carbocycles. The summed E-state index contributed by atoms with van der Waals surface area (Å²) in [6.45, 7) is 0. The van der Waals surface area contributed by atoms with Crippen LogP contribution in [-0.4, -0.2) is 34.2 Å². The van der Waals surface area contributed by atoms with Crippen molar-refractivity contribution in [3.8, 4) is 23.0 Å².